The Morgan fingerprint density at radius 1 is 1.48 bits per heavy atom. The van der Waals surface area contributed by atoms with E-state index in [4.69, 9.17) is 0 Å². The second-order valence-electron chi connectivity index (χ2n) is 6.00. The van der Waals surface area contributed by atoms with Crippen molar-refractivity contribution in [1.29, 1.82) is 5.26 Å². The van der Waals surface area contributed by atoms with Crippen LogP contribution in [-0.2, 0) is 9.59 Å². The number of thiophene rings is 1. The number of allylic oxidation sites excluding steroid dienone is 1. The van der Waals surface area contributed by atoms with E-state index in [1.165, 1.54) is 23.1 Å². The summed E-state index contributed by atoms with van der Waals surface area (Å²) in [6.45, 7) is 1.97. The van der Waals surface area contributed by atoms with Crippen molar-refractivity contribution >= 4 is 56.5 Å². The molecule has 1 aromatic carbocycles. The first-order valence-electron chi connectivity index (χ1n) is 8.14. The van der Waals surface area contributed by atoms with Crippen LogP contribution in [0.3, 0.4) is 0 Å². The van der Waals surface area contributed by atoms with Crippen LogP contribution in [0.25, 0.3) is 0 Å². The molecule has 0 saturated carbocycles. The van der Waals surface area contributed by atoms with Crippen LogP contribution in [0.4, 0.5) is 5.69 Å². The first-order chi connectivity index (χ1) is 13.0. The highest BCUT2D eigenvalue weighted by atomic mass is 79.9. The molecule has 0 saturated heterocycles. The number of carbonyl (C=O) groups excluding carboxylic acids is 2. The largest absolute Gasteiger partial charge is 0.324 e. The molecule has 8 heteroatoms. The molecule has 0 spiro atoms. The first kappa shape index (κ1) is 19.7. The van der Waals surface area contributed by atoms with Crippen LogP contribution in [-0.4, -0.2) is 17.6 Å². The molecule has 0 fully saturated rings. The Balaban J connectivity index is 1.72. The lowest BCUT2D eigenvalue weighted by molar-refractivity contribution is -0.121. The molecule has 1 atom stereocenters. The maximum Gasteiger partial charge on any atom is 0.234 e. The summed E-state index contributed by atoms with van der Waals surface area (Å²) in [7, 11) is 0. The SMILES string of the molecule is Cc1ccc(NC(=O)CSC2=C(C#N)[C@@H](c3cccs3)CC(=O)N2)c(Br)c1. The van der Waals surface area contributed by atoms with Gasteiger partial charge in [0, 0.05) is 21.7 Å². The molecule has 2 heterocycles. The van der Waals surface area contributed by atoms with Crippen LogP contribution in [0.2, 0.25) is 0 Å². The summed E-state index contributed by atoms with van der Waals surface area (Å²) in [4.78, 5) is 25.4. The van der Waals surface area contributed by atoms with Crippen LogP contribution < -0.4 is 10.6 Å². The van der Waals surface area contributed by atoms with Gasteiger partial charge in [-0.3, -0.25) is 9.59 Å². The van der Waals surface area contributed by atoms with E-state index in [1.54, 1.807) is 0 Å². The van der Waals surface area contributed by atoms with Crippen molar-refractivity contribution in [3.05, 3.63) is 61.2 Å². The number of hydrogen-bond donors (Lipinski definition) is 2. The molecular weight excluding hydrogens is 446 g/mol. The lowest BCUT2D eigenvalue weighted by Crippen LogP contribution is -2.31. The molecule has 138 valence electrons. The topological polar surface area (TPSA) is 82.0 Å². The van der Waals surface area contributed by atoms with E-state index in [1.807, 2.05) is 42.6 Å². The molecule has 2 amide bonds. The number of hydrogen-bond acceptors (Lipinski definition) is 5. The van der Waals surface area contributed by atoms with Gasteiger partial charge in [-0.2, -0.15) is 5.26 Å². The third kappa shape index (κ3) is 4.80. The lowest BCUT2D eigenvalue weighted by Gasteiger charge is -2.23. The summed E-state index contributed by atoms with van der Waals surface area (Å²) in [6.07, 6.45) is 0.246. The number of nitriles is 1. The fourth-order valence-corrected chi connectivity index (χ4v) is 5.02. The molecular formula is C19H16BrN3O2S2. The van der Waals surface area contributed by atoms with E-state index < -0.39 is 0 Å². The number of thioether (sulfide) groups is 1. The fourth-order valence-electron chi connectivity index (χ4n) is 2.71. The quantitative estimate of drug-likeness (QED) is 0.684. The maximum absolute atomic E-state index is 12.3. The number of anilines is 1. The molecule has 1 aliphatic rings. The van der Waals surface area contributed by atoms with Crippen LogP contribution in [0.15, 0.2) is 50.8 Å². The minimum absolute atomic E-state index is 0.0955. The molecule has 2 N–H and O–H groups in total. The van der Waals surface area contributed by atoms with Crippen molar-refractivity contribution in [2.45, 2.75) is 19.3 Å². The van der Waals surface area contributed by atoms with E-state index in [-0.39, 0.29) is 29.9 Å². The fraction of sp³-hybridized carbons (Fsp3) is 0.211. The Labute approximate surface area is 174 Å². The van der Waals surface area contributed by atoms with E-state index in [9.17, 15) is 14.9 Å². The second-order valence-corrected chi connectivity index (χ2v) is 8.81. The van der Waals surface area contributed by atoms with Gasteiger partial charge in [-0.25, -0.2) is 0 Å². The van der Waals surface area contributed by atoms with Crippen molar-refractivity contribution < 1.29 is 9.59 Å². The predicted octanol–water partition coefficient (Wildman–Crippen LogP) is 4.53. The van der Waals surface area contributed by atoms with E-state index >= 15 is 0 Å². The van der Waals surface area contributed by atoms with Gasteiger partial charge >= 0.3 is 0 Å². The summed E-state index contributed by atoms with van der Waals surface area (Å²) >= 11 is 6.13. The van der Waals surface area contributed by atoms with Gasteiger partial charge in [-0.1, -0.05) is 23.9 Å². The van der Waals surface area contributed by atoms with Crippen molar-refractivity contribution in [2.75, 3.05) is 11.1 Å². The third-order valence-corrected chi connectivity index (χ3v) is 6.65. The van der Waals surface area contributed by atoms with E-state index in [0.29, 0.717) is 16.3 Å². The van der Waals surface area contributed by atoms with Gasteiger partial charge < -0.3 is 10.6 Å². The Bertz CT molecular complexity index is 948. The van der Waals surface area contributed by atoms with Crippen molar-refractivity contribution in [3.63, 3.8) is 0 Å². The standard InChI is InChI=1S/C19H16BrN3O2S2/c1-11-4-5-15(14(20)7-11)22-18(25)10-27-19-13(9-21)12(8-17(24)23-19)16-3-2-6-26-16/h2-7,12H,8,10H2,1H3,(H,22,25)(H,23,24)/t12-/m0/s1. The predicted molar refractivity (Wildman–Crippen MR) is 112 cm³/mol. The van der Waals surface area contributed by atoms with Gasteiger partial charge in [0.25, 0.3) is 0 Å². The number of nitrogens with one attached hydrogen (secondary N) is 2. The average Bonchev–Trinajstić information content (AvgIpc) is 3.16. The van der Waals surface area contributed by atoms with Gasteiger partial charge in [-0.05, 0) is 52.0 Å². The van der Waals surface area contributed by atoms with Gasteiger partial charge in [-0.15, -0.1) is 11.3 Å². The number of benzene rings is 1. The molecule has 1 aliphatic heterocycles. The average molecular weight is 462 g/mol. The lowest BCUT2D eigenvalue weighted by atomic mass is 9.93. The summed E-state index contributed by atoms with van der Waals surface area (Å²) < 4.78 is 0.807. The highest BCUT2D eigenvalue weighted by molar-refractivity contribution is 9.10. The Morgan fingerprint density at radius 3 is 2.96 bits per heavy atom. The van der Waals surface area contributed by atoms with Crippen molar-refractivity contribution in [3.8, 4) is 6.07 Å². The monoisotopic (exact) mass is 461 g/mol. The number of rotatable bonds is 5. The number of halogens is 1. The van der Waals surface area contributed by atoms with Crippen LogP contribution in [0.5, 0.6) is 0 Å². The molecule has 3 rings (SSSR count). The normalized spacial score (nSPS) is 16.6. The third-order valence-electron chi connectivity index (χ3n) is 3.99. The molecule has 2 aromatic rings. The van der Waals surface area contributed by atoms with Crippen molar-refractivity contribution in [1.82, 2.24) is 5.32 Å². The number of aryl methyl sites for hydroxylation is 1. The Kier molecular flexibility index (Phi) is 6.37. The van der Waals surface area contributed by atoms with Gasteiger partial charge in [0.05, 0.1) is 28.1 Å². The molecule has 0 unspecified atom stereocenters. The minimum atomic E-state index is -0.249. The summed E-state index contributed by atoms with van der Waals surface area (Å²) in [6, 6.07) is 11.7. The number of nitrogens with zero attached hydrogens (tertiary/aromatic N) is 1. The zero-order valence-corrected chi connectivity index (χ0v) is 17.6. The van der Waals surface area contributed by atoms with E-state index in [2.05, 4.69) is 32.6 Å². The summed E-state index contributed by atoms with van der Waals surface area (Å²) in [5, 5.41) is 17.6. The molecule has 0 radical (unpaired) electrons. The van der Waals surface area contributed by atoms with Crippen LogP contribution >= 0.6 is 39.0 Å². The maximum atomic E-state index is 12.3. The second kappa shape index (κ2) is 8.74. The van der Waals surface area contributed by atoms with Crippen molar-refractivity contribution in [2.24, 2.45) is 0 Å². The summed E-state index contributed by atoms with van der Waals surface area (Å²) in [5.74, 6) is -0.503. The molecule has 27 heavy (non-hydrogen) atoms. The number of amides is 2. The zero-order valence-electron chi connectivity index (χ0n) is 14.4. The van der Waals surface area contributed by atoms with Gasteiger partial charge in [0.15, 0.2) is 0 Å². The zero-order chi connectivity index (χ0) is 19.4. The van der Waals surface area contributed by atoms with Crippen LogP contribution in [0.1, 0.15) is 22.8 Å². The van der Waals surface area contributed by atoms with Gasteiger partial charge in [0.2, 0.25) is 11.8 Å². The van der Waals surface area contributed by atoms with E-state index in [0.717, 1.165) is 14.9 Å². The Hall–Kier alpha value is -2.08. The smallest absolute Gasteiger partial charge is 0.234 e. The molecule has 0 aliphatic carbocycles. The Morgan fingerprint density at radius 2 is 2.30 bits per heavy atom. The summed E-state index contributed by atoms with van der Waals surface area (Å²) in [5.41, 5.74) is 2.28. The molecule has 5 nitrogen and oxygen atoms in total. The first-order valence-corrected chi connectivity index (χ1v) is 10.8. The minimum Gasteiger partial charge on any atom is -0.324 e. The highest BCUT2D eigenvalue weighted by Crippen LogP contribution is 2.37. The van der Waals surface area contributed by atoms with Crippen LogP contribution in [0, 0.1) is 18.3 Å². The molecule has 0 bridgehead atoms. The molecule has 1 aromatic heterocycles. The highest BCUT2D eigenvalue weighted by Gasteiger charge is 2.30. The number of carbonyl (C=O) groups is 2. The van der Waals surface area contributed by atoms with Gasteiger partial charge in [0.1, 0.15) is 0 Å².